The van der Waals surface area contributed by atoms with Crippen LogP contribution in [0.25, 0.3) is 0 Å². The fourth-order valence-electron chi connectivity index (χ4n) is 2.67. The van der Waals surface area contributed by atoms with E-state index < -0.39 is 23.3 Å². The van der Waals surface area contributed by atoms with Gasteiger partial charge in [-0.2, -0.15) is 0 Å². The molecule has 0 atom stereocenters. The summed E-state index contributed by atoms with van der Waals surface area (Å²) in [5.41, 5.74) is -0.478. The van der Waals surface area contributed by atoms with Crippen molar-refractivity contribution >= 4 is 17.9 Å². The predicted octanol–water partition coefficient (Wildman–Crippen LogP) is 1.65. The molecule has 3 N–H and O–H groups in total. The molecule has 1 aliphatic carbocycles. The van der Waals surface area contributed by atoms with Gasteiger partial charge in [0.25, 0.3) is 0 Å². The number of rotatable bonds is 5. The van der Waals surface area contributed by atoms with Crippen molar-refractivity contribution in [1.29, 1.82) is 0 Å². The summed E-state index contributed by atoms with van der Waals surface area (Å²) < 4.78 is 0. The first-order valence-corrected chi connectivity index (χ1v) is 6.65. The Bertz CT molecular complexity index is 360. The summed E-state index contributed by atoms with van der Waals surface area (Å²) in [5.74, 6) is -1.29. The van der Waals surface area contributed by atoms with Gasteiger partial charge in [0.15, 0.2) is 0 Å². The van der Waals surface area contributed by atoms with Crippen LogP contribution >= 0.6 is 0 Å². The van der Waals surface area contributed by atoms with Crippen LogP contribution in [0.15, 0.2) is 0 Å². The van der Waals surface area contributed by atoms with Crippen molar-refractivity contribution in [2.75, 3.05) is 0 Å². The molecule has 1 saturated carbocycles. The van der Waals surface area contributed by atoms with E-state index in [1.807, 2.05) is 0 Å². The molecule has 1 rings (SSSR count). The van der Waals surface area contributed by atoms with Crippen molar-refractivity contribution < 1.29 is 19.5 Å². The third-order valence-electron chi connectivity index (χ3n) is 3.40. The maximum absolute atomic E-state index is 11.8. The number of hydrogen-bond acceptors (Lipinski definition) is 3. The van der Waals surface area contributed by atoms with Crippen LogP contribution in [0, 0.1) is 5.41 Å². The van der Waals surface area contributed by atoms with Gasteiger partial charge >= 0.3 is 12.0 Å². The van der Waals surface area contributed by atoms with Gasteiger partial charge in [0.2, 0.25) is 5.91 Å². The number of aliphatic carboxylic acids is 1. The zero-order valence-corrected chi connectivity index (χ0v) is 11.5. The third kappa shape index (κ3) is 5.28. The molecule has 0 aromatic rings. The normalized spacial score (nSPS) is 17.2. The van der Waals surface area contributed by atoms with Crippen molar-refractivity contribution in [1.82, 2.24) is 10.6 Å². The largest absolute Gasteiger partial charge is 0.481 e. The molecule has 0 heterocycles. The second-order valence-corrected chi connectivity index (χ2v) is 5.63. The zero-order chi connectivity index (χ0) is 14.5. The van der Waals surface area contributed by atoms with Gasteiger partial charge in [-0.05, 0) is 32.1 Å². The highest BCUT2D eigenvalue weighted by Gasteiger charge is 2.38. The lowest BCUT2D eigenvalue weighted by Gasteiger charge is -2.26. The Kier molecular flexibility index (Phi) is 5.32. The van der Waals surface area contributed by atoms with Crippen molar-refractivity contribution in [3.05, 3.63) is 0 Å². The molecule has 0 saturated heterocycles. The van der Waals surface area contributed by atoms with Crippen molar-refractivity contribution in [3.8, 4) is 0 Å². The lowest BCUT2D eigenvalue weighted by Crippen LogP contribution is -2.44. The minimum absolute atomic E-state index is 0.00772. The van der Waals surface area contributed by atoms with Crippen molar-refractivity contribution in [2.45, 2.75) is 58.4 Å². The number of hydrogen-bond donors (Lipinski definition) is 3. The van der Waals surface area contributed by atoms with Gasteiger partial charge in [-0.25, -0.2) is 4.79 Å². The summed E-state index contributed by atoms with van der Waals surface area (Å²) in [6.45, 7) is 3.60. The molecule has 1 fully saturated rings. The van der Waals surface area contributed by atoms with Crippen LogP contribution < -0.4 is 10.6 Å². The Labute approximate surface area is 112 Å². The summed E-state index contributed by atoms with van der Waals surface area (Å²) in [6, 6.07) is -0.573. The van der Waals surface area contributed by atoms with Crippen molar-refractivity contribution in [2.24, 2.45) is 5.41 Å². The minimum Gasteiger partial charge on any atom is -0.481 e. The van der Waals surface area contributed by atoms with Gasteiger partial charge in [-0.15, -0.1) is 0 Å². The first-order valence-electron chi connectivity index (χ1n) is 6.65. The van der Waals surface area contributed by atoms with Gasteiger partial charge in [-0.3, -0.25) is 14.9 Å². The van der Waals surface area contributed by atoms with Crippen molar-refractivity contribution in [3.63, 3.8) is 0 Å². The summed E-state index contributed by atoms with van der Waals surface area (Å²) in [7, 11) is 0. The molecule has 0 unspecified atom stereocenters. The number of urea groups is 1. The molecule has 6 heteroatoms. The summed E-state index contributed by atoms with van der Waals surface area (Å²) in [4.78, 5) is 34.1. The quantitative estimate of drug-likeness (QED) is 0.707. The summed E-state index contributed by atoms with van der Waals surface area (Å²) in [6.07, 6.45) is 3.45. The van der Waals surface area contributed by atoms with E-state index in [1.165, 1.54) is 0 Å². The number of nitrogens with one attached hydrogen (secondary N) is 2. The molecule has 0 spiro atoms. The fraction of sp³-hybridized carbons (Fsp3) is 0.769. The SMILES string of the molecule is CC(C)NC(=O)NC(=O)CC1(CC(=O)O)CCCC1. The van der Waals surface area contributed by atoms with Crippen LogP contribution in [0.5, 0.6) is 0 Å². The first kappa shape index (κ1) is 15.5. The minimum atomic E-state index is -0.888. The molecular weight excluding hydrogens is 248 g/mol. The standard InChI is InChI=1S/C13H22N2O4/c1-9(2)14-12(19)15-10(16)7-13(8-11(17)18)5-3-4-6-13/h9H,3-8H2,1-2H3,(H,17,18)(H2,14,15,16,19). The van der Waals surface area contributed by atoms with E-state index in [2.05, 4.69) is 10.6 Å². The molecule has 0 aliphatic heterocycles. The highest BCUT2D eigenvalue weighted by atomic mass is 16.4. The number of carboxylic acid groups (broad SMARTS) is 1. The van der Waals surface area contributed by atoms with Gasteiger partial charge < -0.3 is 10.4 Å². The number of imide groups is 1. The van der Waals surface area contributed by atoms with E-state index in [1.54, 1.807) is 13.8 Å². The molecule has 0 aromatic carbocycles. The van der Waals surface area contributed by atoms with Crippen LogP contribution in [-0.4, -0.2) is 29.1 Å². The van der Waals surface area contributed by atoms with Crippen LogP contribution in [0.2, 0.25) is 0 Å². The molecule has 19 heavy (non-hydrogen) atoms. The Morgan fingerprint density at radius 2 is 1.74 bits per heavy atom. The monoisotopic (exact) mass is 270 g/mol. The van der Waals surface area contributed by atoms with Gasteiger partial charge in [0, 0.05) is 12.5 Å². The number of amides is 3. The average Bonchev–Trinajstić information content (AvgIpc) is 2.62. The van der Waals surface area contributed by atoms with Crippen LogP contribution in [0.3, 0.4) is 0 Å². The summed E-state index contributed by atoms with van der Waals surface area (Å²) >= 11 is 0. The topological polar surface area (TPSA) is 95.5 Å². The molecular formula is C13H22N2O4. The molecule has 6 nitrogen and oxygen atoms in total. The molecule has 0 aromatic heterocycles. The first-order chi connectivity index (χ1) is 8.83. The summed E-state index contributed by atoms with van der Waals surface area (Å²) in [5, 5.41) is 13.8. The fourth-order valence-corrected chi connectivity index (χ4v) is 2.67. The lowest BCUT2D eigenvalue weighted by atomic mass is 9.79. The maximum atomic E-state index is 11.8. The van der Waals surface area contributed by atoms with E-state index in [0.717, 1.165) is 25.7 Å². The van der Waals surface area contributed by atoms with Gasteiger partial charge in [0.1, 0.15) is 0 Å². The Balaban J connectivity index is 2.52. The number of carbonyl (C=O) groups excluding carboxylic acids is 2. The highest BCUT2D eigenvalue weighted by molar-refractivity contribution is 5.94. The van der Waals surface area contributed by atoms with Gasteiger partial charge in [-0.1, -0.05) is 12.8 Å². The second kappa shape index (κ2) is 6.54. The van der Waals surface area contributed by atoms with E-state index in [-0.39, 0.29) is 18.9 Å². The molecule has 108 valence electrons. The molecule has 1 aliphatic rings. The smallest absolute Gasteiger partial charge is 0.321 e. The Morgan fingerprint density at radius 3 is 2.21 bits per heavy atom. The van der Waals surface area contributed by atoms with E-state index in [4.69, 9.17) is 5.11 Å². The highest BCUT2D eigenvalue weighted by Crippen LogP contribution is 2.43. The predicted molar refractivity (Wildman–Crippen MR) is 69.6 cm³/mol. The van der Waals surface area contributed by atoms with E-state index in [9.17, 15) is 14.4 Å². The van der Waals surface area contributed by atoms with Crippen LogP contribution in [-0.2, 0) is 9.59 Å². The average molecular weight is 270 g/mol. The number of carboxylic acids is 1. The Morgan fingerprint density at radius 1 is 1.16 bits per heavy atom. The molecule has 0 radical (unpaired) electrons. The maximum Gasteiger partial charge on any atom is 0.321 e. The molecule has 0 bridgehead atoms. The Hall–Kier alpha value is -1.59. The molecule has 3 amide bonds. The van der Waals surface area contributed by atoms with E-state index >= 15 is 0 Å². The number of carbonyl (C=O) groups is 3. The second-order valence-electron chi connectivity index (χ2n) is 5.63. The zero-order valence-electron chi connectivity index (χ0n) is 11.5. The lowest BCUT2D eigenvalue weighted by molar-refractivity contribution is -0.140. The van der Waals surface area contributed by atoms with Crippen LogP contribution in [0.4, 0.5) is 4.79 Å². The van der Waals surface area contributed by atoms with E-state index in [0.29, 0.717) is 0 Å². The van der Waals surface area contributed by atoms with Gasteiger partial charge in [0.05, 0.1) is 6.42 Å². The third-order valence-corrected chi connectivity index (χ3v) is 3.40. The van der Waals surface area contributed by atoms with Crippen LogP contribution in [0.1, 0.15) is 52.4 Å².